The molecule has 4 aromatic rings. The van der Waals surface area contributed by atoms with Crippen molar-refractivity contribution < 1.29 is 30.0 Å². The van der Waals surface area contributed by atoms with Gasteiger partial charge in [-0.3, -0.25) is 0 Å². The Morgan fingerprint density at radius 3 is 1.39 bits per heavy atom. The Kier molecular flexibility index (Phi) is 6.11. The van der Waals surface area contributed by atoms with Crippen molar-refractivity contribution in [2.24, 2.45) is 0 Å². The van der Waals surface area contributed by atoms with E-state index in [1.165, 1.54) is 12.1 Å². The fourth-order valence-electron chi connectivity index (χ4n) is 3.68. The molecule has 0 saturated carbocycles. The lowest BCUT2D eigenvalue weighted by molar-refractivity contribution is 0.0682. The van der Waals surface area contributed by atoms with Crippen LogP contribution in [0.1, 0.15) is 45.7 Å². The molecule has 0 saturated heterocycles. The van der Waals surface area contributed by atoms with Crippen molar-refractivity contribution in [2.45, 2.75) is 20.3 Å². The van der Waals surface area contributed by atoms with Crippen LogP contribution in [-0.2, 0) is 6.42 Å². The number of carboxylic acids is 2. The maximum Gasteiger partial charge on any atom is 0.339 e. The van der Waals surface area contributed by atoms with Crippen LogP contribution in [0.3, 0.4) is 0 Å². The third-order valence-electron chi connectivity index (χ3n) is 5.07. The molecule has 6 nitrogen and oxygen atoms in total. The molecule has 4 rings (SSSR count). The molecule has 0 fully saturated rings. The number of carbonyl (C=O) groups is 2. The molecule has 0 amide bonds. The minimum absolute atomic E-state index is 0.0407. The summed E-state index contributed by atoms with van der Waals surface area (Å²) in [6.07, 6.45) is -0.0407. The Balaban J connectivity index is 0.00000132. The van der Waals surface area contributed by atoms with Crippen LogP contribution in [0.25, 0.3) is 21.5 Å². The number of carboxylic acid groups (broad SMARTS) is 2. The molecule has 6 heteroatoms. The Morgan fingerprint density at radius 2 is 1.03 bits per heavy atom. The van der Waals surface area contributed by atoms with Crippen molar-refractivity contribution in [2.75, 3.05) is 0 Å². The molecule has 0 radical (unpaired) electrons. The molecule has 0 atom stereocenters. The highest BCUT2D eigenvalue weighted by molar-refractivity contribution is 6.02. The zero-order valence-electron chi connectivity index (χ0n) is 17.1. The first-order valence-electron chi connectivity index (χ1n) is 9.82. The molecular formula is C25H22O6. The van der Waals surface area contributed by atoms with Crippen molar-refractivity contribution in [3.63, 3.8) is 0 Å². The Hall–Kier alpha value is -4.06. The van der Waals surface area contributed by atoms with Crippen LogP contribution >= 0.6 is 0 Å². The fraction of sp³-hybridized carbons (Fsp3) is 0.120. The minimum Gasteiger partial charge on any atom is -0.507 e. The van der Waals surface area contributed by atoms with Gasteiger partial charge in [0, 0.05) is 17.5 Å². The SMILES string of the molecule is CC.O=C(O)c1cc2ccccc2c(Cc2c(O)c(C(=O)O)cc3ccccc23)c1O. The van der Waals surface area contributed by atoms with Crippen LogP contribution in [0.4, 0.5) is 0 Å². The molecule has 0 aromatic heterocycles. The van der Waals surface area contributed by atoms with Crippen LogP contribution < -0.4 is 0 Å². The van der Waals surface area contributed by atoms with Crippen molar-refractivity contribution in [3.05, 3.63) is 82.9 Å². The second-order valence-electron chi connectivity index (χ2n) is 6.73. The highest BCUT2D eigenvalue weighted by Crippen LogP contribution is 2.38. The molecule has 0 aliphatic heterocycles. The van der Waals surface area contributed by atoms with Crippen molar-refractivity contribution >= 4 is 33.5 Å². The van der Waals surface area contributed by atoms with E-state index in [1.54, 1.807) is 48.5 Å². The predicted molar refractivity (Wildman–Crippen MR) is 119 cm³/mol. The Morgan fingerprint density at radius 1 is 0.677 bits per heavy atom. The van der Waals surface area contributed by atoms with Gasteiger partial charge in [-0.1, -0.05) is 62.4 Å². The van der Waals surface area contributed by atoms with Crippen molar-refractivity contribution in [3.8, 4) is 11.5 Å². The summed E-state index contributed by atoms with van der Waals surface area (Å²) in [6, 6.07) is 16.8. The van der Waals surface area contributed by atoms with Gasteiger partial charge in [0.1, 0.15) is 22.6 Å². The summed E-state index contributed by atoms with van der Waals surface area (Å²) >= 11 is 0. The second kappa shape index (κ2) is 8.75. The van der Waals surface area contributed by atoms with Gasteiger partial charge in [-0.15, -0.1) is 0 Å². The molecule has 158 valence electrons. The highest BCUT2D eigenvalue weighted by atomic mass is 16.4. The standard InChI is InChI=1S/C23H16O6.C2H6/c24-20-16(14-7-3-1-5-12(14)9-18(20)22(26)27)11-17-15-8-4-2-6-13(15)10-19(21(17)25)23(28)29;1-2/h1-10,24-25H,11H2,(H,26,27)(H,28,29);1-2H3. The van der Waals surface area contributed by atoms with E-state index in [1.807, 2.05) is 13.8 Å². The number of hydrogen-bond acceptors (Lipinski definition) is 4. The van der Waals surface area contributed by atoms with Crippen LogP contribution in [-0.4, -0.2) is 32.4 Å². The second-order valence-corrected chi connectivity index (χ2v) is 6.73. The van der Waals surface area contributed by atoms with E-state index in [-0.39, 0.29) is 17.5 Å². The third kappa shape index (κ3) is 3.88. The lowest BCUT2D eigenvalue weighted by Gasteiger charge is -2.16. The van der Waals surface area contributed by atoms with Gasteiger partial charge in [0.15, 0.2) is 0 Å². The van der Waals surface area contributed by atoms with Gasteiger partial charge in [-0.05, 0) is 33.7 Å². The predicted octanol–water partition coefficient (Wildman–Crippen LogP) is 5.42. The Labute approximate surface area is 178 Å². The maximum atomic E-state index is 11.6. The van der Waals surface area contributed by atoms with Crippen LogP contribution in [0, 0.1) is 0 Å². The van der Waals surface area contributed by atoms with Gasteiger partial charge >= 0.3 is 11.9 Å². The van der Waals surface area contributed by atoms with E-state index < -0.39 is 23.4 Å². The first-order chi connectivity index (χ1) is 14.9. The monoisotopic (exact) mass is 418 g/mol. The fourth-order valence-corrected chi connectivity index (χ4v) is 3.68. The quantitative estimate of drug-likeness (QED) is 0.352. The number of benzene rings is 4. The molecule has 0 heterocycles. The van der Waals surface area contributed by atoms with E-state index in [4.69, 9.17) is 0 Å². The van der Waals surface area contributed by atoms with Crippen LogP contribution in [0.15, 0.2) is 60.7 Å². The number of hydrogen-bond donors (Lipinski definition) is 4. The average molecular weight is 418 g/mol. The van der Waals surface area contributed by atoms with Crippen LogP contribution in [0.2, 0.25) is 0 Å². The number of rotatable bonds is 4. The molecular weight excluding hydrogens is 396 g/mol. The average Bonchev–Trinajstić information content (AvgIpc) is 2.77. The van der Waals surface area contributed by atoms with Gasteiger partial charge in [0.25, 0.3) is 0 Å². The summed E-state index contributed by atoms with van der Waals surface area (Å²) in [4.78, 5) is 23.2. The number of phenols is 2. The van der Waals surface area contributed by atoms with Crippen LogP contribution in [0.5, 0.6) is 11.5 Å². The minimum atomic E-state index is -1.28. The molecule has 4 aromatic carbocycles. The molecule has 0 aliphatic carbocycles. The van der Waals surface area contributed by atoms with Gasteiger partial charge in [0.2, 0.25) is 0 Å². The van der Waals surface area contributed by atoms with Crippen molar-refractivity contribution in [1.29, 1.82) is 0 Å². The maximum absolute atomic E-state index is 11.6. The van der Waals surface area contributed by atoms with Crippen molar-refractivity contribution in [1.82, 2.24) is 0 Å². The molecule has 0 unspecified atom stereocenters. The van der Waals surface area contributed by atoms with E-state index >= 15 is 0 Å². The van der Waals surface area contributed by atoms with Gasteiger partial charge in [-0.25, -0.2) is 9.59 Å². The normalized spacial score (nSPS) is 10.5. The summed E-state index contributed by atoms with van der Waals surface area (Å²) in [5.74, 6) is -3.36. The zero-order valence-corrected chi connectivity index (χ0v) is 17.1. The molecule has 0 spiro atoms. The summed E-state index contributed by atoms with van der Waals surface area (Å²) < 4.78 is 0. The van der Waals surface area contributed by atoms with Gasteiger partial charge in [0.05, 0.1) is 0 Å². The van der Waals surface area contributed by atoms with E-state index in [2.05, 4.69) is 0 Å². The largest absolute Gasteiger partial charge is 0.507 e. The first kappa shape index (κ1) is 21.6. The number of fused-ring (bicyclic) bond motifs is 2. The summed E-state index contributed by atoms with van der Waals surface area (Å²) in [5, 5.41) is 42.8. The molecule has 4 N–H and O–H groups in total. The molecule has 0 bridgehead atoms. The summed E-state index contributed by atoms with van der Waals surface area (Å²) in [5.41, 5.74) is 0.112. The summed E-state index contributed by atoms with van der Waals surface area (Å²) in [7, 11) is 0. The lowest BCUT2D eigenvalue weighted by Crippen LogP contribution is -2.04. The number of aromatic hydroxyl groups is 2. The Bertz CT molecular complexity index is 1210. The highest BCUT2D eigenvalue weighted by Gasteiger charge is 2.22. The third-order valence-corrected chi connectivity index (χ3v) is 5.07. The van der Waals surface area contributed by atoms with E-state index in [0.29, 0.717) is 32.7 Å². The smallest absolute Gasteiger partial charge is 0.339 e. The van der Waals surface area contributed by atoms with Gasteiger partial charge in [-0.2, -0.15) is 0 Å². The summed E-state index contributed by atoms with van der Waals surface area (Å²) in [6.45, 7) is 4.00. The van der Waals surface area contributed by atoms with E-state index in [9.17, 15) is 30.0 Å². The zero-order chi connectivity index (χ0) is 22.7. The topological polar surface area (TPSA) is 115 Å². The first-order valence-corrected chi connectivity index (χ1v) is 9.82. The molecule has 0 aliphatic rings. The molecule has 31 heavy (non-hydrogen) atoms. The lowest BCUT2D eigenvalue weighted by atomic mass is 9.90. The van der Waals surface area contributed by atoms with Gasteiger partial charge < -0.3 is 20.4 Å². The number of aromatic carboxylic acids is 2. The van der Waals surface area contributed by atoms with E-state index in [0.717, 1.165) is 0 Å².